The number of nitrogens with one attached hydrogen (secondary N) is 1. The first kappa shape index (κ1) is 27.4. The van der Waals surface area contributed by atoms with Crippen LogP contribution in [-0.4, -0.2) is 47.9 Å². The molecular weight excluding hydrogens is 527 g/mol. The number of anilines is 1. The normalized spacial score (nSPS) is 11.8. The Balaban J connectivity index is 1.89. The van der Waals surface area contributed by atoms with Crippen LogP contribution in [0.15, 0.2) is 65.5 Å². The number of para-hydroxylation sites is 1. The highest BCUT2D eigenvalue weighted by atomic mass is 35.5. The minimum absolute atomic E-state index is 0.218. The molecule has 0 aliphatic carbocycles. The minimum Gasteiger partial charge on any atom is -0.495 e. The Bertz CT molecular complexity index is 1540. The molecule has 198 valence electrons. The molecule has 1 unspecified atom stereocenters. The summed E-state index contributed by atoms with van der Waals surface area (Å²) in [5.41, 5.74) is 2.08. The zero-order valence-electron chi connectivity index (χ0n) is 21.5. The second-order valence-corrected chi connectivity index (χ2v) is 9.48. The molecule has 0 aliphatic heterocycles. The van der Waals surface area contributed by atoms with E-state index in [4.69, 9.17) is 37.7 Å². The number of aryl methyl sites for hydroxylation is 1. The lowest BCUT2D eigenvalue weighted by Crippen LogP contribution is -2.41. The van der Waals surface area contributed by atoms with Crippen molar-refractivity contribution < 1.29 is 14.3 Å². The monoisotopic (exact) mass is 554 g/mol. The van der Waals surface area contributed by atoms with E-state index in [2.05, 4.69) is 5.32 Å². The number of carbonyl (C=O) groups excluding carboxylic acids is 1. The third kappa shape index (κ3) is 5.48. The number of halogens is 2. The maximum atomic E-state index is 13.9. The van der Waals surface area contributed by atoms with Crippen LogP contribution in [0.2, 0.25) is 10.0 Å². The van der Waals surface area contributed by atoms with Crippen LogP contribution >= 0.6 is 23.2 Å². The summed E-state index contributed by atoms with van der Waals surface area (Å²) in [5, 5.41) is 3.82. The summed E-state index contributed by atoms with van der Waals surface area (Å²) in [4.78, 5) is 33.9. The van der Waals surface area contributed by atoms with E-state index in [9.17, 15) is 9.59 Å². The highest BCUT2D eigenvalue weighted by Gasteiger charge is 2.28. The molecule has 2 amide bonds. The molecule has 0 spiro atoms. The highest BCUT2D eigenvalue weighted by molar-refractivity contribution is 6.43. The number of amides is 2. The molecule has 1 heterocycles. The lowest BCUT2D eigenvalue weighted by Gasteiger charge is -2.31. The molecule has 0 radical (unpaired) electrons. The molecule has 4 rings (SSSR count). The number of fused-ring (bicyclic) bond motifs is 1. The van der Waals surface area contributed by atoms with Crippen LogP contribution in [0.1, 0.15) is 24.4 Å². The molecular formula is C28H28Cl2N4O4. The summed E-state index contributed by atoms with van der Waals surface area (Å²) < 4.78 is 12.4. The lowest BCUT2D eigenvalue weighted by atomic mass is 10.1. The smallest absolute Gasteiger partial charge is 0.322 e. The zero-order chi connectivity index (χ0) is 27.4. The molecule has 38 heavy (non-hydrogen) atoms. The van der Waals surface area contributed by atoms with Gasteiger partial charge in [0.05, 0.1) is 52.1 Å². The number of urea groups is 1. The van der Waals surface area contributed by atoms with Gasteiger partial charge in [0.25, 0.3) is 5.56 Å². The summed E-state index contributed by atoms with van der Waals surface area (Å²) in [5.74, 6) is 0.864. The Kier molecular flexibility index (Phi) is 8.56. The van der Waals surface area contributed by atoms with Crippen molar-refractivity contribution in [1.82, 2.24) is 14.5 Å². The summed E-state index contributed by atoms with van der Waals surface area (Å²) in [6.07, 6.45) is 0. The van der Waals surface area contributed by atoms with Crippen molar-refractivity contribution in [3.8, 4) is 11.4 Å². The highest BCUT2D eigenvalue weighted by Crippen LogP contribution is 2.32. The number of aromatic nitrogens is 2. The number of ether oxygens (including phenoxy) is 2. The van der Waals surface area contributed by atoms with Crippen LogP contribution < -0.4 is 15.6 Å². The third-order valence-corrected chi connectivity index (χ3v) is 7.03. The van der Waals surface area contributed by atoms with Crippen molar-refractivity contribution in [2.75, 3.05) is 32.7 Å². The van der Waals surface area contributed by atoms with Gasteiger partial charge in [0, 0.05) is 13.7 Å². The van der Waals surface area contributed by atoms with Gasteiger partial charge >= 0.3 is 6.03 Å². The third-order valence-electron chi connectivity index (χ3n) is 6.21. The number of benzene rings is 3. The molecule has 8 nitrogen and oxygen atoms in total. The van der Waals surface area contributed by atoms with Crippen LogP contribution in [0.3, 0.4) is 0 Å². The van der Waals surface area contributed by atoms with Gasteiger partial charge in [-0.15, -0.1) is 0 Å². The molecule has 1 aromatic heterocycles. The topological polar surface area (TPSA) is 85.7 Å². The van der Waals surface area contributed by atoms with E-state index in [-0.39, 0.29) is 23.7 Å². The first-order valence-corrected chi connectivity index (χ1v) is 12.7. The number of rotatable bonds is 8. The van der Waals surface area contributed by atoms with Crippen molar-refractivity contribution in [2.45, 2.75) is 19.9 Å². The molecule has 0 saturated carbocycles. The second-order valence-electron chi connectivity index (χ2n) is 8.70. The standard InChI is InChI=1S/C28H28Cl2N4O4/c1-17-12-13-24(38-4)23(16-17)34-26(31-21-10-6-5-8-19(21)27(34)35)18(2)33(14-15-37-3)28(36)32-22-11-7-9-20(29)25(22)30/h5-13,16,18H,14-15H2,1-4H3,(H,32,36). The lowest BCUT2D eigenvalue weighted by molar-refractivity contribution is 0.137. The largest absolute Gasteiger partial charge is 0.495 e. The molecule has 0 fully saturated rings. The minimum atomic E-state index is -0.661. The van der Waals surface area contributed by atoms with Gasteiger partial charge in [-0.25, -0.2) is 9.78 Å². The maximum absolute atomic E-state index is 13.9. The summed E-state index contributed by atoms with van der Waals surface area (Å²) in [6.45, 7) is 4.21. The summed E-state index contributed by atoms with van der Waals surface area (Å²) >= 11 is 12.5. The van der Waals surface area contributed by atoms with Gasteiger partial charge < -0.3 is 19.7 Å². The first-order valence-electron chi connectivity index (χ1n) is 11.9. The van der Waals surface area contributed by atoms with Gasteiger partial charge in [-0.05, 0) is 55.8 Å². The summed E-state index contributed by atoms with van der Waals surface area (Å²) in [7, 11) is 3.10. The SMILES string of the molecule is COCCN(C(=O)Nc1cccc(Cl)c1Cl)C(C)c1nc2ccccc2c(=O)n1-c1cc(C)ccc1OC. The van der Waals surface area contributed by atoms with Gasteiger partial charge in [-0.1, -0.05) is 47.5 Å². The zero-order valence-corrected chi connectivity index (χ0v) is 23.0. The molecule has 0 saturated heterocycles. The first-order chi connectivity index (χ1) is 18.3. The van der Waals surface area contributed by atoms with E-state index < -0.39 is 12.1 Å². The van der Waals surface area contributed by atoms with Gasteiger partial charge in [-0.2, -0.15) is 0 Å². The van der Waals surface area contributed by atoms with Crippen molar-refractivity contribution in [3.63, 3.8) is 0 Å². The Morgan fingerprint density at radius 2 is 1.87 bits per heavy atom. The van der Waals surface area contributed by atoms with Crippen molar-refractivity contribution in [3.05, 3.63) is 92.5 Å². The van der Waals surface area contributed by atoms with E-state index in [1.807, 2.05) is 32.0 Å². The molecule has 0 bridgehead atoms. The average molecular weight is 555 g/mol. The fourth-order valence-corrected chi connectivity index (χ4v) is 4.57. The molecule has 10 heteroatoms. The fraction of sp³-hybridized carbons (Fsp3) is 0.250. The summed E-state index contributed by atoms with van der Waals surface area (Å²) in [6, 6.07) is 16.5. The Morgan fingerprint density at radius 3 is 2.61 bits per heavy atom. The van der Waals surface area contributed by atoms with Gasteiger partial charge in [0.15, 0.2) is 0 Å². The van der Waals surface area contributed by atoms with Crippen LogP contribution in [0, 0.1) is 6.92 Å². The van der Waals surface area contributed by atoms with Crippen LogP contribution in [-0.2, 0) is 4.74 Å². The Labute approximate surface area is 230 Å². The maximum Gasteiger partial charge on any atom is 0.322 e. The van der Waals surface area contributed by atoms with Crippen LogP contribution in [0.25, 0.3) is 16.6 Å². The predicted molar refractivity (Wildman–Crippen MR) is 151 cm³/mol. The Hall–Kier alpha value is -3.59. The van der Waals surface area contributed by atoms with E-state index in [1.165, 1.54) is 9.47 Å². The molecule has 1 N–H and O–H groups in total. The average Bonchev–Trinajstić information content (AvgIpc) is 2.91. The quantitative estimate of drug-likeness (QED) is 0.278. The van der Waals surface area contributed by atoms with Crippen molar-refractivity contribution >= 4 is 45.8 Å². The second kappa shape index (κ2) is 11.9. The number of carbonyl (C=O) groups is 1. The molecule has 4 aromatic rings. The Morgan fingerprint density at radius 1 is 1.11 bits per heavy atom. The van der Waals surface area contributed by atoms with Crippen LogP contribution in [0.5, 0.6) is 5.75 Å². The van der Waals surface area contributed by atoms with E-state index in [1.54, 1.807) is 56.7 Å². The number of nitrogens with zero attached hydrogens (tertiary/aromatic N) is 3. The number of methoxy groups -OCH3 is 2. The van der Waals surface area contributed by atoms with Gasteiger partial charge in [-0.3, -0.25) is 9.36 Å². The molecule has 0 aliphatic rings. The predicted octanol–water partition coefficient (Wildman–Crippen LogP) is 6.25. The number of hydrogen-bond donors (Lipinski definition) is 1. The van der Waals surface area contributed by atoms with E-state index >= 15 is 0 Å². The fourth-order valence-electron chi connectivity index (χ4n) is 4.23. The van der Waals surface area contributed by atoms with E-state index in [0.29, 0.717) is 38.9 Å². The van der Waals surface area contributed by atoms with Gasteiger partial charge in [0.1, 0.15) is 11.6 Å². The van der Waals surface area contributed by atoms with E-state index in [0.717, 1.165) is 5.56 Å². The molecule has 1 atom stereocenters. The molecule has 3 aromatic carbocycles. The van der Waals surface area contributed by atoms with Crippen molar-refractivity contribution in [1.29, 1.82) is 0 Å². The van der Waals surface area contributed by atoms with Crippen molar-refractivity contribution in [2.24, 2.45) is 0 Å². The van der Waals surface area contributed by atoms with Gasteiger partial charge in [0.2, 0.25) is 0 Å². The van der Waals surface area contributed by atoms with Crippen LogP contribution in [0.4, 0.5) is 10.5 Å². The number of hydrogen-bond acceptors (Lipinski definition) is 5.